The van der Waals surface area contributed by atoms with Gasteiger partial charge in [0.25, 0.3) is 0 Å². The smallest absolute Gasteiger partial charge is 0.228 e. The van der Waals surface area contributed by atoms with Crippen molar-refractivity contribution in [2.75, 3.05) is 31.6 Å². The van der Waals surface area contributed by atoms with E-state index in [2.05, 4.69) is 5.32 Å². The summed E-state index contributed by atoms with van der Waals surface area (Å²) in [6.07, 6.45) is 2.31. The van der Waals surface area contributed by atoms with Crippen molar-refractivity contribution in [3.05, 3.63) is 28.2 Å². The molecule has 2 atom stereocenters. The summed E-state index contributed by atoms with van der Waals surface area (Å²) in [5, 5.41) is 4.19. The lowest BCUT2D eigenvalue weighted by molar-refractivity contribution is -0.137. The van der Waals surface area contributed by atoms with Gasteiger partial charge in [-0.2, -0.15) is 0 Å². The number of rotatable bonds is 3. The lowest BCUT2D eigenvalue weighted by atomic mass is 10.0. The zero-order valence-corrected chi connectivity index (χ0v) is 15.1. The molecular formula is C17H21Cl2N3O2. The summed E-state index contributed by atoms with van der Waals surface area (Å²) in [7, 11) is 1.92. The molecule has 0 bridgehead atoms. The first-order valence-electron chi connectivity index (χ1n) is 8.20. The largest absolute Gasteiger partial charge is 0.341 e. The molecular weight excluding hydrogens is 349 g/mol. The first-order chi connectivity index (χ1) is 11.5. The van der Waals surface area contributed by atoms with Crippen LogP contribution in [0.3, 0.4) is 0 Å². The Morgan fingerprint density at radius 1 is 1.21 bits per heavy atom. The molecule has 2 saturated heterocycles. The summed E-state index contributed by atoms with van der Waals surface area (Å²) in [6.45, 7) is 1.86. The minimum absolute atomic E-state index is 0.0612. The molecule has 1 N–H and O–H groups in total. The third-order valence-electron chi connectivity index (χ3n) is 4.77. The number of piperidine rings is 1. The van der Waals surface area contributed by atoms with Crippen LogP contribution in [0.2, 0.25) is 10.0 Å². The van der Waals surface area contributed by atoms with Gasteiger partial charge in [-0.15, -0.1) is 0 Å². The molecule has 0 aromatic heterocycles. The zero-order valence-electron chi connectivity index (χ0n) is 13.6. The highest BCUT2D eigenvalue weighted by molar-refractivity contribution is 6.35. The lowest BCUT2D eigenvalue weighted by Crippen LogP contribution is -2.49. The van der Waals surface area contributed by atoms with Crippen molar-refractivity contribution in [2.45, 2.75) is 25.3 Å². The quantitative estimate of drug-likeness (QED) is 0.890. The first kappa shape index (κ1) is 17.5. The molecule has 1 aromatic carbocycles. The van der Waals surface area contributed by atoms with Crippen LogP contribution in [-0.2, 0) is 9.59 Å². The number of nitrogens with one attached hydrogen (secondary N) is 1. The Morgan fingerprint density at radius 2 is 1.92 bits per heavy atom. The first-order valence-corrected chi connectivity index (χ1v) is 8.96. The van der Waals surface area contributed by atoms with Gasteiger partial charge in [0, 0.05) is 47.8 Å². The predicted molar refractivity (Wildman–Crippen MR) is 95.6 cm³/mol. The Morgan fingerprint density at radius 3 is 2.58 bits per heavy atom. The molecule has 2 amide bonds. The molecule has 3 rings (SSSR count). The Bertz CT molecular complexity index is 632. The number of likely N-dealkylation sites (N-methyl/N-ethyl adjacent to an activating group) is 1. The number of amides is 2. The van der Waals surface area contributed by atoms with Crippen LogP contribution >= 0.6 is 23.2 Å². The van der Waals surface area contributed by atoms with Crippen LogP contribution in [0.1, 0.15) is 19.3 Å². The Kier molecular flexibility index (Phi) is 5.33. The second-order valence-electron chi connectivity index (χ2n) is 6.45. The molecule has 0 aliphatic carbocycles. The normalized spacial score (nSPS) is 24.5. The van der Waals surface area contributed by atoms with Gasteiger partial charge in [0.15, 0.2) is 0 Å². The average molecular weight is 370 g/mol. The van der Waals surface area contributed by atoms with Gasteiger partial charge in [0.05, 0.1) is 5.92 Å². The SMILES string of the molecule is CNC1CCCN(C(=O)C2CC(=O)N(c3cc(Cl)cc(Cl)c3)C2)C1. The van der Waals surface area contributed by atoms with Gasteiger partial charge < -0.3 is 15.1 Å². The predicted octanol–water partition coefficient (Wildman–Crippen LogP) is 2.56. The third-order valence-corrected chi connectivity index (χ3v) is 5.21. The second-order valence-corrected chi connectivity index (χ2v) is 7.32. The number of hydrogen-bond acceptors (Lipinski definition) is 3. The van der Waals surface area contributed by atoms with E-state index in [-0.39, 0.29) is 24.2 Å². The van der Waals surface area contributed by atoms with E-state index in [0.717, 1.165) is 19.4 Å². The lowest BCUT2D eigenvalue weighted by Gasteiger charge is -2.34. The fourth-order valence-corrected chi connectivity index (χ4v) is 4.00. The van der Waals surface area contributed by atoms with Crippen molar-refractivity contribution in [2.24, 2.45) is 5.92 Å². The molecule has 0 spiro atoms. The van der Waals surface area contributed by atoms with Crippen molar-refractivity contribution in [1.82, 2.24) is 10.2 Å². The van der Waals surface area contributed by atoms with Crippen LogP contribution in [0.4, 0.5) is 5.69 Å². The molecule has 2 fully saturated rings. The van der Waals surface area contributed by atoms with E-state index < -0.39 is 0 Å². The highest BCUT2D eigenvalue weighted by atomic mass is 35.5. The zero-order chi connectivity index (χ0) is 17.3. The summed E-state index contributed by atoms with van der Waals surface area (Å²) in [5.74, 6) is -0.293. The number of anilines is 1. The maximum atomic E-state index is 12.8. The van der Waals surface area contributed by atoms with E-state index in [0.29, 0.717) is 34.9 Å². The molecule has 7 heteroatoms. The van der Waals surface area contributed by atoms with Crippen molar-refractivity contribution in [1.29, 1.82) is 0 Å². The van der Waals surface area contributed by atoms with E-state index >= 15 is 0 Å². The Balaban J connectivity index is 1.71. The molecule has 0 saturated carbocycles. The second kappa shape index (κ2) is 7.30. The highest BCUT2D eigenvalue weighted by Crippen LogP contribution is 2.31. The van der Waals surface area contributed by atoms with Crippen LogP contribution < -0.4 is 10.2 Å². The number of nitrogens with zero attached hydrogens (tertiary/aromatic N) is 2. The maximum absolute atomic E-state index is 12.8. The summed E-state index contributed by atoms with van der Waals surface area (Å²) < 4.78 is 0. The van der Waals surface area contributed by atoms with Crippen molar-refractivity contribution < 1.29 is 9.59 Å². The van der Waals surface area contributed by atoms with E-state index in [1.165, 1.54) is 0 Å². The number of carbonyl (C=O) groups excluding carboxylic acids is 2. The molecule has 130 valence electrons. The van der Waals surface area contributed by atoms with Gasteiger partial charge in [-0.1, -0.05) is 23.2 Å². The van der Waals surface area contributed by atoms with Gasteiger partial charge in [0.2, 0.25) is 11.8 Å². The van der Waals surface area contributed by atoms with Gasteiger partial charge in [-0.05, 0) is 38.1 Å². The van der Waals surface area contributed by atoms with Gasteiger partial charge in [0.1, 0.15) is 0 Å². The Hall–Kier alpha value is -1.30. The third kappa shape index (κ3) is 3.68. The van der Waals surface area contributed by atoms with Crippen LogP contribution in [0, 0.1) is 5.92 Å². The summed E-state index contributed by atoms with van der Waals surface area (Å²) in [6, 6.07) is 5.37. The van der Waals surface area contributed by atoms with Crippen molar-refractivity contribution in [3.63, 3.8) is 0 Å². The maximum Gasteiger partial charge on any atom is 0.228 e. The number of benzene rings is 1. The summed E-state index contributed by atoms with van der Waals surface area (Å²) in [5.41, 5.74) is 0.652. The van der Waals surface area contributed by atoms with Crippen LogP contribution in [0.15, 0.2) is 18.2 Å². The molecule has 0 radical (unpaired) electrons. The van der Waals surface area contributed by atoms with E-state index in [1.807, 2.05) is 11.9 Å². The highest BCUT2D eigenvalue weighted by Gasteiger charge is 2.38. The van der Waals surface area contributed by atoms with Crippen molar-refractivity contribution >= 4 is 40.7 Å². The molecule has 24 heavy (non-hydrogen) atoms. The molecule has 2 unspecified atom stereocenters. The van der Waals surface area contributed by atoms with Gasteiger partial charge in [-0.25, -0.2) is 0 Å². The van der Waals surface area contributed by atoms with E-state index in [1.54, 1.807) is 23.1 Å². The molecule has 2 heterocycles. The fraction of sp³-hybridized carbons (Fsp3) is 0.529. The summed E-state index contributed by atoms with van der Waals surface area (Å²) >= 11 is 12.0. The summed E-state index contributed by atoms with van der Waals surface area (Å²) in [4.78, 5) is 28.7. The standard InChI is InChI=1S/C17H21Cl2N3O2/c1-20-14-3-2-4-21(10-14)17(24)11-5-16(23)22(9-11)15-7-12(18)6-13(19)8-15/h6-8,11,14,20H,2-5,9-10H2,1H3. The van der Waals surface area contributed by atoms with E-state index in [9.17, 15) is 9.59 Å². The minimum Gasteiger partial charge on any atom is -0.341 e. The topological polar surface area (TPSA) is 52.7 Å². The monoisotopic (exact) mass is 369 g/mol. The number of hydrogen-bond donors (Lipinski definition) is 1. The average Bonchev–Trinajstić information content (AvgIpc) is 2.95. The van der Waals surface area contributed by atoms with Crippen LogP contribution in [0.25, 0.3) is 0 Å². The van der Waals surface area contributed by atoms with Crippen molar-refractivity contribution in [3.8, 4) is 0 Å². The van der Waals surface area contributed by atoms with Gasteiger partial charge >= 0.3 is 0 Å². The van der Waals surface area contributed by atoms with Crippen LogP contribution in [-0.4, -0.2) is 49.4 Å². The molecule has 2 aliphatic heterocycles. The number of likely N-dealkylation sites (tertiary alicyclic amines) is 1. The van der Waals surface area contributed by atoms with Crippen LogP contribution in [0.5, 0.6) is 0 Å². The molecule has 1 aromatic rings. The fourth-order valence-electron chi connectivity index (χ4n) is 3.49. The van der Waals surface area contributed by atoms with E-state index in [4.69, 9.17) is 23.2 Å². The molecule has 5 nitrogen and oxygen atoms in total. The number of carbonyl (C=O) groups is 2. The minimum atomic E-state index is -0.300. The Labute approximate surface area is 151 Å². The molecule has 2 aliphatic rings. The van der Waals surface area contributed by atoms with Gasteiger partial charge in [-0.3, -0.25) is 9.59 Å². The number of halogens is 2.